The van der Waals surface area contributed by atoms with Crippen molar-refractivity contribution in [2.24, 2.45) is 0 Å². The number of rotatable bonds is 46. The molecule has 0 heterocycles. The molecule has 63 heavy (non-hydrogen) atoms. The Labute approximate surface area is 388 Å². The zero-order valence-corrected chi connectivity index (χ0v) is 41.1. The Hall–Kier alpha value is -3.41. The maximum atomic E-state index is 12.7. The highest BCUT2D eigenvalue weighted by Gasteiger charge is 2.19. The Kier molecular flexibility index (Phi) is 48.5. The highest BCUT2D eigenvalue weighted by molar-refractivity contribution is 5.71. The first kappa shape index (κ1) is 59.6. The van der Waals surface area contributed by atoms with Crippen LogP contribution in [-0.4, -0.2) is 37.2 Å². The van der Waals surface area contributed by atoms with Crippen molar-refractivity contribution < 1.29 is 28.6 Å². The van der Waals surface area contributed by atoms with E-state index in [0.717, 1.165) is 96.3 Å². The second kappa shape index (κ2) is 51.2. The maximum Gasteiger partial charge on any atom is 0.306 e. The van der Waals surface area contributed by atoms with Gasteiger partial charge in [-0.3, -0.25) is 14.4 Å². The van der Waals surface area contributed by atoms with E-state index in [1.54, 1.807) is 0 Å². The average Bonchev–Trinajstić information content (AvgIpc) is 3.28. The van der Waals surface area contributed by atoms with Gasteiger partial charge in [-0.15, -0.1) is 0 Å². The normalized spacial score (nSPS) is 12.7. The molecule has 0 aromatic rings. The van der Waals surface area contributed by atoms with Crippen molar-refractivity contribution in [3.63, 3.8) is 0 Å². The summed E-state index contributed by atoms with van der Waals surface area (Å²) in [5, 5.41) is 0. The Bertz CT molecular complexity index is 1240. The lowest BCUT2D eigenvalue weighted by Gasteiger charge is -2.18. The van der Waals surface area contributed by atoms with Crippen LogP contribution in [0.5, 0.6) is 0 Å². The fourth-order valence-electron chi connectivity index (χ4n) is 6.98. The molecule has 1 atom stereocenters. The number of hydrogen-bond donors (Lipinski definition) is 0. The molecule has 0 aliphatic heterocycles. The summed E-state index contributed by atoms with van der Waals surface area (Å²) in [7, 11) is 0. The van der Waals surface area contributed by atoms with Crippen molar-refractivity contribution in [1.82, 2.24) is 0 Å². The van der Waals surface area contributed by atoms with Gasteiger partial charge in [0.05, 0.1) is 0 Å². The number of ether oxygens (including phenoxy) is 3. The first-order valence-corrected chi connectivity index (χ1v) is 26.1. The molecule has 0 aliphatic rings. The van der Waals surface area contributed by atoms with Crippen LogP contribution in [-0.2, 0) is 28.6 Å². The minimum absolute atomic E-state index is 0.100. The molecule has 0 rings (SSSR count). The summed E-state index contributed by atoms with van der Waals surface area (Å²) in [5.41, 5.74) is 0. The maximum absolute atomic E-state index is 12.7. The highest BCUT2D eigenvalue weighted by atomic mass is 16.6. The molecule has 0 amide bonds. The summed E-state index contributed by atoms with van der Waals surface area (Å²) in [5.74, 6) is -0.977. The Morgan fingerprint density at radius 1 is 0.333 bits per heavy atom. The lowest BCUT2D eigenvalue weighted by Crippen LogP contribution is -2.30. The summed E-state index contributed by atoms with van der Waals surface area (Å²) in [4.78, 5) is 37.6. The molecule has 360 valence electrons. The fraction of sp³-hybridized carbons (Fsp3) is 0.702. The van der Waals surface area contributed by atoms with Crippen molar-refractivity contribution in [2.75, 3.05) is 13.2 Å². The van der Waals surface area contributed by atoms with Gasteiger partial charge in [-0.05, 0) is 89.9 Å². The summed E-state index contributed by atoms with van der Waals surface area (Å²) >= 11 is 0. The largest absolute Gasteiger partial charge is 0.462 e. The van der Waals surface area contributed by atoms with Crippen LogP contribution in [0.1, 0.15) is 239 Å². The van der Waals surface area contributed by atoms with E-state index < -0.39 is 6.10 Å². The van der Waals surface area contributed by atoms with Crippen LogP contribution in [0, 0.1) is 0 Å². The molecule has 0 saturated carbocycles. The number of allylic oxidation sites excluding steroid dienone is 14. The highest BCUT2D eigenvalue weighted by Crippen LogP contribution is 2.14. The summed E-state index contributed by atoms with van der Waals surface area (Å²) in [6, 6.07) is 0. The zero-order valence-electron chi connectivity index (χ0n) is 41.1. The van der Waals surface area contributed by atoms with Gasteiger partial charge in [-0.1, -0.05) is 215 Å². The second-order valence-electron chi connectivity index (χ2n) is 17.1. The molecule has 1 unspecified atom stereocenters. The Morgan fingerprint density at radius 3 is 1.02 bits per heavy atom. The second-order valence-corrected chi connectivity index (χ2v) is 17.1. The third-order valence-corrected chi connectivity index (χ3v) is 10.9. The third kappa shape index (κ3) is 49.5. The average molecular weight is 877 g/mol. The number of esters is 3. The minimum atomic E-state index is -0.803. The summed E-state index contributed by atoms with van der Waals surface area (Å²) < 4.78 is 16.6. The Balaban J connectivity index is 4.21. The van der Waals surface area contributed by atoms with Crippen molar-refractivity contribution in [1.29, 1.82) is 0 Å². The van der Waals surface area contributed by atoms with Gasteiger partial charge in [-0.25, -0.2) is 0 Å². The molecule has 0 aromatic heterocycles. The zero-order chi connectivity index (χ0) is 45.8. The quantitative estimate of drug-likeness (QED) is 0.0262. The predicted molar refractivity (Wildman–Crippen MR) is 270 cm³/mol. The number of carbonyl (C=O) groups excluding carboxylic acids is 3. The molecule has 0 aliphatic carbocycles. The van der Waals surface area contributed by atoms with E-state index in [-0.39, 0.29) is 37.5 Å². The molecule has 0 bridgehead atoms. The number of unbranched alkanes of at least 4 members (excludes halogenated alkanes) is 21. The van der Waals surface area contributed by atoms with E-state index >= 15 is 0 Å². The van der Waals surface area contributed by atoms with Gasteiger partial charge in [-0.2, -0.15) is 0 Å². The van der Waals surface area contributed by atoms with E-state index in [1.165, 1.54) is 96.3 Å². The first-order chi connectivity index (χ1) is 31.0. The molecule has 6 heteroatoms. The molecule has 0 N–H and O–H groups in total. The van der Waals surface area contributed by atoms with Crippen LogP contribution in [0.3, 0.4) is 0 Å². The SMILES string of the molecule is CC/C=C\C/C=C\C/C=C\C/C=C\C/C=C\CCCC(=O)OC(COC(=O)CCCCCCC)COC(=O)CCCCCCCCCCCCC/C=C\C/C=C\CCCCCCC. The number of hydrogen-bond acceptors (Lipinski definition) is 6. The molecule has 6 nitrogen and oxygen atoms in total. The van der Waals surface area contributed by atoms with Crippen LogP contribution >= 0.6 is 0 Å². The standard InChI is InChI=1S/C57H96O6/c1-4-7-10-13-15-17-19-21-23-25-26-27-28-29-30-32-33-35-37-39-41-44-47-50-56(59)62-53-54(52-61-55(58)49-46-43-12-9-6-3)63-57(60)51-48-45-42-40-38-36-34-31-24-22-20-18-16-14-11-8-5-2/h8,11,16,18-19,21-22,24-26,34,36,40,42,54H,4-7,9-10,12-15,17,20,23,27-33,35,37-39,41,43-53H2,1-3H3/b11-8-,18-16-,21-19-,24-22-,26-25-,36-34-,42-40-. The van der Waals surface area contributed by atoms with E-state index in [9.17, 15) is 14.4 Å². The molecule has 0 saturated heterocycles. The number of carbonyl (C=O) groups is 3. The molecular formula is C57H96O6. The smallest absolute Gasteiger partial charge is 0.306 e. The monoisotopic (exact) mass is 877 g/mol. The van der Waals surface area contributed by atoms with Crippen LogP contribution in [0.15, 0.2) is 85.1 Å². The summed E-state index contributed by atoms with van der Waals surface area (Å²) in [6.07, 6.45) is 66.2. The van der Waals surface area contributed by atoms with Crippen molar-refractivity contribution in [2.45, 2.75) is 245 Å². The van der Waals surface area contributed by atoms with E-state index in [1.807, 2.05) is 0 Å². The van der Waals surface area contributed by atoms with Gasteiger partial charge in [0, 0.05) is 19.3 Å². The van der Waals surface area contributed by atoms with Gasteiger partial charge < -0.3 is 14.2 Å². The van der Waals surface area contributed by atoms with Gasteiger partial charge >= 0.3 is 17.9 Å². The first-order valence-electron chi connectivity index (χ1n) is 26.1. The third-order valence-electron chi connectivity index (χ3n) is 10.9. The van der Waals surface area contributed by atoms with Crippen LogP contribution < -0.4 is 0 Å². The minimum Gasteiger partial charge on any atom is -0.462 e. The van der Waals surface area contributed by atoms with Crippen molar-refractivity contribution in [3.8, 4) is 0 Å². The molecule has 0 aromatic carbocycles. The molecular weight excluding hydrogens is 781 g/mol. The molecule has 0 radical (unpaired) electrons. The topological polar surface area (TPSA) is 78.9 Å². The van der Waals surface area contributed by atoms with Crippen molar-refractivity contribution in [3.05, 3.63) is 85.1 Å². The van der Waals surface area contributed by atoms with Crippen molar-refractivity contribution >= 4 is 17.9 Å². The van der Waals surface area contributed by atoms with E-state index in [0.29, 0.717) is 19.3 Å². The fourth-order valence-corrected chi connectivity index (χ4v) is 6.98. The van der Waals surface area contributed by atoms with Crippen LogP contribution in [0.25, 0.3) is 0 Å². The summed E-state index contributed by atoms with van der Waals surface area (Å²) in [6.45, 7) is 6.38. The van der Waals surface area contributed by atoms with Gasteiger partial charge in [0.25, 0.3) is 0 Å². The van der Waals surface area contributed by atoms with Crippen LogP contribution in [0.2, 0.25) is 0 Å². The lowest BCUT2D eigenvalue weighted by molar-refractivity contribution is -0.167. The van der Waals surface area contributed by atoms with E-state index in [2.05, 4.69) is 106 Å². The molecule has 0 fully saturated rings. The van der Waals surface area contributed by atoms with Gasteiger partial charge in [0.2, 0.25) is 0 Å². The Morgan fingerprint density at radius 2 is 0.635 bits per heavy atom. The molecule has 0 spiro atoms. The van der Waals surface area contributed by atoms with Gasteiger partial charge in [0.1, 0.15) is 13.2 Å². The van der Waals surface area contributed by atoms with Gasteiger partial charge in [0.15, 0.2) is 6.10 Å². The van der Waals surface area contributed by atoms with Crippen LogP contribution in [0.4, 0.5) is 0 Å². The van der Waals surface area contributed by atoms with E-state index in [4.69, 9.17) is 14.2 Å². The predicted octanol–water partition coefficient (Wildman–Crippen LogP) is 17.2. The lowest BCUT2D eigenvalue weighted by atomic mass is 10.0.